The normalized spacial score (nSPS) is 10.2. The Balaban J connectivity index is 2.32. The Morgan fingerprint density at radius 3 is 2.95 bits per heavy atom. The molecule has 7 heteroatoms. The first-order valence-corrected chi connectivity index (χ1v) is 6.92. The summed E-state index contributed by atoms with van der Waals surface area (Å²) >= 11 is 1.29. The van der Waals surface area contributed by atoms with Crippen LogP contribution in [0, 0.1) is 0 Å². The van der Waals surface area contributed by atoms with E-state index < -0.39 is 0 Å². The summed E-state index contributed by atoms with van der Waals surface area (Å²) in [6, 6.07) is 0. The van der Waals surface area contributed by atoms with Crippen molar-refractivity contribution >= 4 is 28.3 Å². The van der Waals surface area contributed by atoms with Crippen LogP contribution < -0.4 is 5.32 Å². The fourth-order valence-corrected chi connectivity index (χ4v) is 2.05. The lowest BCUT2D eigenvalue weighted by molar-refractivity contribution is -0.139. The van der Waals surface area contributed by atoms with E-state index in [0.717, 1.165) is 0 Å². The molecule has 1 aromatic rings. The van der Waals surface area contributed by atoms with Crippen LogP contribution in [-0.4, -0.2) is 37.2 Å². The van der Waals surface area contributed by atoms with Crippen LogP contribution >= 0.6 is 11.3 Å². The molecule has 0 aliphatic carbocycles. The molecule has 1 amide bonds. The highest BCUT2D eigenvalue weighted by molar-refractivity contribution is 7.13. The predicted molar refractivity (Wildman–Crippen MR) is 72.2 cm³/mol. The van der Waals surface area contributed by atoms with Crippen molar-refractivity contribution in [3.8, 4) is 0 Å². The number of methoxy groups -OCH3 is 1. The lowest BCUT2D eigenvalue weighted by atomic mass is 10.3. The molecule has 6 nitrogen and oxygen atoms in total. The smallest absolute Gasteiger partial charge is 0.311 e. The van der Waals surface area contributed by atoms with Gasteiger partial charge in [-0.15, -0.1) is 11.3 Å². The molecule has 1 rings (SSSR count). The van der Waals surface area contributed by atoms with E-state index in [-0.39, 0.29) is 18.3 Å². The third-order valence-corrected chi connectivity index (χ3v) is 3.05. The molecule has 0 saturated carbocycles. The Hall–Kier alpha value is -1.47. The molecule has 0 saturated heterocycles. The first-order chi connectivity index (χ1) is 9.15. The fraction of sp³-hybridized carbons (Fsp3) is 0.583. The minimum atomic E-state index is -0.347. The number of anilines is 1. The number of aromatic nitrogens is 1. The summed E-state index contributed by atoms with van der Waals surface area (Å²) < 4.78 is 9.69. The molecule has 0 aliphatic heterocycles. The van der Waals surface area contributed by atoms with Crippen molar-refractivity contribution in [2.75, 3.05) is 25.6 Å². The fourth-order valence-electron chi connectivity index (χ4n) is 1.33. The van der Waals surface area contributed by atoms with E-state index in [1.165, 1.54) is 18.4 Å². The molecule has 0 unspecified atom stereocenters. The molecule has 0 aromatic carbocycles. The van der Waals surface area contributed by atoms with Crippen LogP contribution in [-0.2, 0) is 25.5 Å². The van der Waals surface area contributed by atoms with E-state index in [1.54, 1.807) is 5.38 Å². The number of carbonyl (C=O) groups excluding carboxylic acids is 2. The first kappa shape index (κ1) is 15.6. The summed E-state index contributed by atoms with van der Waals surface area (Å²) in [5, 5.41) is 4.92. The summed E-state index contributed by atoms with van der Waals surface area (Å²) in [5.74, 6) is -0.446. The lowest BCUT2D eigenvalue weighted by Crippen LogP contribution is -2.12. The minimum Gasteiger partial charge on any atom is -0.469 e. The summed E-state index contributed by atoms with van der Waals surface area (Å²) in [7, 11) is 1.33. The van der Waals surface area contributed by atoms with Crippen LogP contribution in [0.25, 0.3) is 0 Å². The second-order valence-corrected chi connectivity index (χ2v) is 4.60. The molecule has 0 spiro atoms. The van der Waals surface area contributed by atoms with E-state index in [0.29, 0.717) is 36.9 Å². The maximum atomic E-state index is 11.6. The summed E-state index contributed by atoms with van der Waals surface area (Å²) in [6.45, 7) is 3.15. The zero-order chi connectivity index (χ0) is 14.1. The summed E-state index contributed by atoms with van der Waals surface area (Å²) in [4.78, 5) is 26.8. The van der Waals surface area contributed by atoms with E-state index >= 15 is 0 Å². The van der Waals surface area contributed by atoms with Gasteiger partial charge in [0.25, 0.3) is 0 Å². The number of hydrogen-bond acceptors (Lipinski definition) is 6. The highest BCUT2D eigenvalue weighted by atomic mass is 32.1. The number of carbonyl (C=O) groups is 2. The average molecular weight is 286 g/mol. The minimum absolute atomic E-state index is 0.0985. The van der Waals surface area contributed by atoms with Crippen molar-refractivity contribution in [1.29, 1.82) is 0 Å². The second kappa shape index (κ2) is 8.60. The molecule has 106 valence electrons. The molecule has 1 heterocycles. The number of hydrogen-bond donors (Lipinski definition) is 1. The van der Waals surface area contributed by atoms with Gasteiger partial charge in [-0.1, -0.05) is 0 Å². The number of esters is 1. The van der Waals surface area contributed by atoms with Gasteiger partial charge in [-0.05, 0) is 13.3 Å². The van der Waals surface area contributed by atoms with Crippen LogP contribution in [0.2, 0.25) is 0 Å². The zero-order valence-corrected chi connectivity index (χ0v) is 11.9. The van der Waals surface area contributed by atoms with Gasteiger partial charge in [-0.2, -0.15) is 0 Å². The van der Waals surface area contributed by atoms with Crippen LogP contribution in [0.1, 0.15) is 25.5 Å². The van der Waals surface area contributed by atoms with Crippen molar-refractivity contribution < 1.29 is 19.1 Å². The highest BCUT2D eigenvalue weighted by Gasteiger charge is 2.09. The molecular weight excluding hydrogens is 268 g/mol. The summed E-state index contributed by atoms with van der Waals surface area (Å²) in [5.41, 5.74) is 0.599. The monoisotopic (exact) mass is 286 g/mol. The molecule has 0 radical (unpaired) electrons. The Labute approximate surface area is 116 Å². The third kappa shape index (κ3) is 6.30. The van der Waals surface area contributed by atoms with Crippen LogP contribution in [0.3, 0.4) is 0 Å². The molecular formula is C12H18N2O4S. The number of nitrogens with zero attached hydrogens (tertiary/aromatic N) is 1. The van der Waals surface area contributed by atoms with E-state index in [2.05, 4.69) is 15.0 Å². The van der Waals surface area contributed by atoms with Gasteiger partial charge in [0.1, 0.15) is 0 Å². The SMILES string of the molecule is CCOCCCC(=O)Nc1nc(CC(=O)OC)cs1. The Bertz CT molecular complexity index is 420. The van der Waals surface area contributed by atoms with Gasteiger partial charge in [0.2, 0.25) is 5.91 Å². The Morgan fingerprint density at radius 1 is 1.47 bits per heavy atom. The molecule has 1 N–H and O–H groups in total. The lowest BCUT2D eigenvalue weighted by Gasteiger charge is -2.02. The van der Waals surface area contributed by atoms with Gasteiger partial charge in [-0.3, -0.25) is 9.59 Å². The van der Waals surface area contributed by atoms with Gasteiger partial charge in [0.15, 0.2) is 5.13 Å². The highest BCUT2D eigenvalue weighted by Crippen LogP contribution is 2.16. The van der Waals surface area contributed by atoms with Crippen molar-refractivity contribution in [3.05, 3.63) is 11.1 Å². The second-order valence-electron chi connectivity index (χ2n) is 3.75. The van der Waals surface area contributed by atoms with E-state index in [9.17, 15) is 9.59 Å². The largest absolute Gasteiger partial charge is 0.469 e. The number of rotatable bonds is 8. The summed E-state index contributed by atoms with van der Waals surface area (Å²) in [6.07, 6.45) is 1.19. The van der Waals surface area contributed by atoms with Crippen molar-refractivity contribution in [2.24, 2.45) is 0 Å². The maximum Gasteiger partial charge on any atom is 0.311 e. The molecule has 0 aliphatic rings. The van der Waals surface area contributed by atoms with Crippen molar-refractivity contribution in [2.45, 2.75) is 26.2 Å². The third-order valence-electron chi connectivity index (χ3n) is 2.25. The van der Waals surface area contributed by atoms with Crippen molar-refractivity contribution in [1.82, 2.24) is 4.98 Å². The quantitative estimate of drug-likeness (QED) is 0.580. The molecule has 0 atom stereocenters. The van der Waals surface area contributed by atoms with E-state index in [1.807, 2.05) is 6.92 Å². The number of amides is 1. The van der Waals surface area contributed by atoms with E-state index in [4.69, 9.17) is 4.74 Å². The van der Waals surface area contributed by atoms with Gasteiger partial charge >= 0.3 is 5.97 Å². The molecule has 0 fully saturated rings. The predicted octanol–water partition coefficient (Wildman–Crippen LogP) is 1.61. The van der Waals surface area contributed by atoms with Gasteiger partial charge in [0, 0.05) is 25.0 Å². The molecule has 19 heavy (non-hydrogen) atoms. The number of nitrogens with one attached hydrogen (secondary N) is 1. The van der Waals surface area contributed by atoms with Gasteiger partial charge in [-0.25, -0.2) is 4.98 Å². The van der Waals surface area contributed by atoms with Crippen LogP contribution in [0.5, 0.6) is 0 Å². The molecule has 1 aromatic heterocycles. The molecule has 0 bridgehead atoms. The topological polar surface area (TPSA) is 77.5 Å². The Kier molecular flexibility index (Phi) is 7.06. The first-order valence-electron chi connectivity index (χ1n) is 6.04. The van der Waals surface area contributed by atoms with Crippen LogP contribution in [0.15, 0.2) is 5.38 Å². The van der Waals surface area contributed by atoms with Gasteiger partial charge in [0.05, 0.1) is 19.2 Å². The standard InChI is InChI=1S/C12H18N2O4S/c1-3-18-6-4-5-10(15)14-12-13-9(8-19-12)7-11(16)17-2/h8H,3-7H2,1-2H3,(H,13,14,15). The Morgan fingerprint density at radius 2 is 2.26 bits per heavy atom. The number of ether oxygens (including phenoxy) is 2. The average Bonchev–Trinajstić information content (AvgIpc) is 2.81. The number of thiazole rings is 1. The van der Waals surface area contributed by atoms with Crippen LogP contribution in [0.4, 0.5) is 5.13 Å². The van der Waals surface area contributed by atoms with Crippen molar-refractivity contribution in [3.63, 3.8) is 0 Å². The maximum absolute atomic E-state index is 11.6. The zero-order valence-electron chi connectivity index (χ0n) is 11.1. The van der Waals surface area contributed by atoms with Gasteiger partial charge < -0.3 is 14.8 Å².